The molecule has 7 heteroatoms. The third-order valence-electron chi connectivity index (χ3n) is 8.45. The van der Waals surface area contributed by atoms with E-state index in [1.54, 1.807) is 13.0 Å². The molecule has 232 valence electrons. The van der Waals surface area contributed by atoms with Crippen molar-refractivity contribution < 1.29 is 28.6 Å². The van der Waals surface area contributed by atoms with Crippen LogP contribution in [-0.4, -0.2) is 36.3 Å². The van der Waals surface area contributed by atoms with Crippen molar-refractivity contribution in [1.82, 2.24) is 5.32 Å². The van der Waals surface area contributed by atoms with Crippen LogP contribution >= 0.6 is 0 Å². The normalized spacial score (nSPS) is 16.4. The van der Waals surface area contributed by atoms with Crippen LogP contribution in [0.15, 0.2) is 49.6 Å². The number of aliphatic hydroxyl groups excluding tert-OH is 1. The lowest BCUT2D eigenvalue weighted by molar-refractivity contribution is -0.144. The van der Waals surface area contributed by atoms with Gasteiger partial charge in [0.1, 0.15) is 17.7 Å². The molecule has 2 aliphatic rings. The fraction of sp³-hybridized carbons (Fsp3) is 0.500. The van der Waals surface area contributed by atoms with Crippen molar-refractivity contribution >= 4 is 11.9 Å². The molecule has 1 amide bonds. The molecule has 0 aliphatic heterocycles. The summed E-state index contributed by atoms with van der Waals surface area (Å²) in [4.78, 5) is 25.5. The van der Waals surface area contributed by atoms with Crippen molar-refractivity contribution in [3.05, 3.63) is 77.6 Å². The number of esters is 1. The standard InChI is InChI=1S/C36H46FNO5/c1-5-8-11-17-43-32-21-26(24-13-9-10-14-24)18-23(4)34(32)27-19-28(25-15-16-25)35(37)29(20-27)30(22-33(40)42-7-3)38-36(41)31(39)12-6-2/h5-6,18-21,24-25,30-31,39H,1-2,7-17,22H2,3-4H3,(H,38,41)/t30-,31+/m0/s1. The lowest BCUT2D eigenvalue weighted by Gasteiger charge is -2.24. The zero-order valence-corrected chi connectivity index (χ0v) is 25.6. The number of hydrogen-bond acceptors (Lipinski definition) is 5. The largest absolute Gasteiger partial charge is 0.493 e. The first-order chi connectivity index (χ1) is 20.8. The second-order valence-corrected chi connectivity index (χ2v) is 11.8. The molecule has 0 heterocycles. The van der Waals surface area contributed by atoms with E-state index in [1.165, 1.54) is 24.5 Å². The van der Waals surface area contributed by atoms with E-state index in [0.717, 1.165) is 61.0 Å². The summed E-state index contributed by atoms with van der Waals surface area (Å²) in [6.45, 7) is 11.8. The molecule has 2 aromatic rings. The van der Waals surface area contributed by atoms with Gasteiger partial charge in [0.25, 0.3) is 0 Å². The van der Waals surface area contributed by atoms with Gasteiger partial charge in [0.2, 0.25) is 5.91 Å². The van der Waals surface area contributed by atoms with Crippen LogP contribution in [0, 0.1) is 12.7 Å². The van der Waals surface area contributed by atoms with E-state index in [9.17, 15) is 14.7 Å². The summed E-state index contributed by atoms with van der Waals surface area (Å²) in [6.07, 6.45) is 9.91. The Morgan fingerprint density at radius 2 is 1.84 bits per heavy atom. The average Bonchev–Trinajstić information content (AvgIpc) is 3.67. The van der Waals surface area contributed by atoms with E-state index in [1.807, 2.05) is 12.1 Å². The second-order valence-electron chi connectivity index (χ2n) is 11.8. The Morgan fingerprint density at radius 3 is 2.49 bits per heavy atom. The molecule has 0 spiro atoms. The van der Waals surface area contributed by atoms with Gasteiger partial charge in [0.15, 0.2) is 0 Å². The minimum atomic E-state index is -1.36. The lowest BCUT2D eigenvalue weighted by atomic mass is 9.88. The predicted molar refractivity (Wildman–Crippen MR) is 168 cm³/mol. The van der Waals surface area contributed by atoms with Crippen molar-refractivity contribution in [3.63, 3.8) is 0 Å². The summed E-state index contributed by atoms with van der Waals surface area (Å²) >= 11 is 0. The van der Waals surface area contributed by atoms with Gasteiger partial charge in [0.05, 0.1) is 25.7 Å². The van der Waals surface area contributed by atoms with Gasteiger partial charge in [-0.3, -0.25) is 9.59 Å². The van der Waals surface area contributed by atoms with E-state index in [0.29, 0.717) is 18.1 Å². The van der Waals surface area contributed by atoms with Crippen LogP contribution in [0.2, 0.25) is 0 Å². The third-order valence-corrected chi connectivity index (χ3v) is 8.45. The topological polar surface area (TPSA) is 84.9 Å². The van der Waals surface area contributed by atoms with Crippen molar-refractivity contribution in [2.45, 2.75) is 102 Å². The van der Waals surface area contributed by atoms with Crippen molar-refractivity contribution in [2.24, 2.45) is 0 Å². The number of allylic oxidation sites excluding steroid dienone is 1. The van der Waals surface area contributed by atoms with Crippen LogP contribution < -0.4 is 10.1 Å². The predicted octanol–water partition coefficient (Wildman–Crippen LogP) is 7.73. The van der Waals surface area contributed by atoms with Crippen LogP contribution in [0.1, 0.15) is 111 Å². The Hall–Kier alpha value is -3.45. The van der Waals surface area contributed by atoms with Crippen molar-refractivity contribution in [1.29, 1.82) is 0 Å². The Labute approximate surface area is 255 Å². The lowest BCUT2D eigenvalue weighted by Crippen LogP contribution is -2.38. The van der Waals surface area contributed by atoms with E-state index < -0.39 is 29.8 Å². The van der Waals surface area contributed by atoms with Gasteiger partial charge in [-0.05, 0) is 105 Å². The molecule has 0 radical (unpaired) electrons. The number of ether oxygens (including phenoxy) is 2. The number of aryl methyl sites for hydroxylation is 1. The van der Waals surface area contributed by atoms with Crippen molar-refractivity contribution in [2.75, 3.05) is 13.2 Å². The molecule has 2 aromatic carbocycles. The number of benzene rings is 2. The quantitative estimate of drug-likeness (QED) is 0.119. The number of aliphatic hydroxyl groups is 1. The van der Waals surface area contributed by atoms with Gasteiger partial charge in [-0.1, -0.05) is 31.1 Å². The maximum Gasteiger partial charge on any atom is 0.308 e. The van der Waals surface area contributed by atoms with E-state index in [-0.39, 0.29) is 30.9 Å². The van der Waals surface area contributed by atoms with Gasteiger partial charge < -0.3 is 19.9 Å². The molecule has 0 unspecified atom stereocenters. The number of amides is 1. The monoisotopic (exact) mass is 591 g/mol. The molecule has 4 rings (SSSR count). The summed E-state index contributed by atoms with van der Waals surface area (Å²) in [5.41, 5.74) is 4.74. The number of nitrogens with one attached hydrogen (secondary N) is 1. The van der Waals surface area contributed by atoms with Crippen molar-refractivity contribution in [3.8, 4) is 16.9 Å². The number of carbonyl (C=O) groups is 2. The molecule has 2 fully saturated rings. The molecule has 0 aromatic heterocycles. The minimum absolute atomic E-state index is 0.0346. The molecule has 2 aliphatic carbocycles. The highest BCUT2D eigenvalue weighted by Crippen LogP contribution is 2.47. The summed E-state index contributed by atoms with van der Waals surface area (Å²) in [5.74, 6) is -0.368. The molecule has 0 saturated heterocycles. The maximum absolute atomic E-state index is 16.3. The number of carbonyl (C=O) groups excluding carboxylic acids is 2. The molecule has 43 heavy (non-hydrogen) atoms. The molecule has 6 nitrogen and oxygen atoms in total. The zero-order valence-electron chi connectivity index (χ0n) is 25.6. The van der Waals surface area contributed by atoms with Crippen LogP contribution in [0.3, 0.4) is 0 Å². The summed E-state index contributed by atoms with van der Waals surface area (Å²) in [7, 11) is 0. The highest BCUT2D eigenvalue weighted by Gasteiger charge is 2.33. The Kier molecular flexibility index (Phi) is 11.6. The van der Waals surface area contributed by atoms with Gasteiger partial charge in [-0.2, -0.15) is 0 Å². The molecule has 2 saturated carbocycles. The zero-order chi connectivity index (χ0) is 30.9. The van der Waals surface area contributed by atoms with Crippen LogP contribution in [0.5, 0.6) is 5.75 Å². The Bertz CT molecular complexity index is 1310. The van der Waals surface area contributed by atoms with E-state index in [4.69, 9.17) is 9.47 Å². The first kappa shape index (κ1) is 32.5. The highest BCUT2D eigenvalue weighted by molar-refractivity contribution is 5.82. The van der Waals surface area contributed by atoms with Crippen LogP contribution in [0.4, 0.5) is 4.39 Å². The Balaban J connectivity index is 1.82. The number of halogens is 1. The smallest absolute Gasteiger partial charge is 0.308 e. The second kappa shape index (κ2) is 15.3. The van der Waals surface area contributed by atoms with Gasteiger partial charge in [-0.25, -0.2) is 4.39 Å². The van der Waals surface area contributed by atoms with Gasteiger partial charge >= 0.3 is 5.97 Å². The number of rotatable bonds is 16. The molecule has 2 N–H and O–H groups in total. The molecular formula is C36H46FNO5. The molecular weight excluding hydrogens is 545 g/mol. The van der Waals surface area contributed by atoms with Crippen LogP contribution in [0.25, 0.3) is 11.1 Å². The van der Waals surface area contributed by atoms with E-state index in [2.05, 4.69) is 37.5 Å². The average molecular weight is 592 g/mol. The number of unbranched alkanes of at least 4 members (excludes halogenated alkanes) is 1. The van der Waals surface area contributed by atoms with Gasteiger partial charge in [0, 0.05) is 17.5 Å². The summed E-state index contributed by atoms with van der Waals surface area (Å²) in [5, 5.41) is 13.0. The summed E-state index contributed by atoms with van der Waals surface area (Å²) in [6, 6.07) is 6.97. The highest BCUT2D eigenvalue weighted by atomic mass is 19.1. The summed E-state index contributed by atoms with van der Waals surface area (Å²) < 4.78 is 27.9. The fourth-order valence-electron chi connectivity index (χ4n) is 6.09. The fourth-order valence-corrected chi connectivity index (χ4v) is 6.09. The van der Waals surface area contributed by atoms with Gasteiger partial charge in [-0.15, -0.1) is 13.2 Å². The molecule has 2 atom stereocenters. The maximum atomic E-state index is 16.3. The Morgan fingerprint density at radius 1 is 1.09 bits per heavy atom. The minimum Gasteiger partial charge on any atom is -0.493 e. The number of hydrogen-bond donors (Lipinski definition) is 2. The molecule has 0 bridgehead atoms. The first-order valence-corrected chi connectivity index (χ1v) is 15.7. The SMILES string of the molecule is C=CCCCOc1cc(C2CCCC2)cc(C)c1-c1cc(C2CC2)c(F)c([C@H](CC(=O)OCC)NC(=O)[C@H](O)CC=C)c1. The van der Waals surface area contributed by atoms with E-state index >= 15 is 4.39 Å². The first-order valence-electron chi connectivity index (χ1n) is 15.7. The van der Waals surface area contributed by atoms with Crippen LogP contribution in [-0.2, 0) is 14.3 Å². The third kappa shape index (κ3) is 8.35.